The van der Waals surface area contributed by atoms with Gasteiger partial charge in [-0.15, -0.1) is 0 Å². The van der Waals surface area contributed by atoms with Crippen LogP contribution in [0.25, 0.3) is 22.6 Å². The quantitative estimate of drug-likeness (QED) is 0.676. The van der Waals surface area contributed by atoms with E-state index in [-0.39, 0.29) is 5.56 Å². The molecule has 0 amide bonds. The minimum Gasteiger partial charge on any atom is -0.399 e. The van der Waals surface area contributed by atoms with Gasteiger partial charge in [-0.3, -0.25) is 9.36 Å². The molecule has 1 aliphatic rings. The van der Waals surface area contributed by atoms with Crippen molar-refractivity contribution in [3.63, 3.8) is 0 Å². The predicted octanol–water partition coefficient (Wildman–Crippen LogP) is 2.51. The number of nitrogens with two attached hydrogens (primary N) is 2. The molecule has 23 heavy (non-hydrogen) atoms. The van der Waals surface area contributed by atoms with Crippen molar-refractivity contribution in [1.82, 2.24) is 9.55 Å². The molecule has 114 valence electrons. The zero-order valence-electron chi connectivity index (χ0n) is 12.5. The molecule has 0 atom stereocenters. The van der Waals surface area contributed by atoms with Crippen molar-refractivity contribution in [3.8, 4) is 0 Å². The SMILES string of the molecule is Nc1ccc(/C=C2\CCn3c2nc2ccc(N)cc2c3=O)cc1. The molecule has 1 aliphatic heterocycles. The van der Waals surface area contributed by atoms with Gasteiger partial charge in [-0.1, -0.05) is 12.1 Å². The zero-order valence-corrected chi connectivity index (χ0v) is 12.5. The topological polar surface area (TPSA) is 86.9 Å². The third-order valence-corrected chi connectivity index (χ3v) is 4.15. The summed E-state index contributed by atoms with van der Waals surface area (Å²) in [5.41, 5.74) is 15.6. The second kappa shape index (κ2) is 4.98. The summed E-state index contributed by atoms with van der Waals surface area (Å²) in [5, 5.41) is 0.572. The van der Waals surface area contributed by atoms with Gasteiger partial charge in [0.2, 0.25) is 0 Å². The summed E-state index contributed by atoms with van der Waals surface area (Å²) < 4.78 is 1.73. The number of allylic oxidation sites excluding steroid dienone is 1. The molecule has 0 spiro atoms. The second-order valence-electron chi connectivity index (χ2n) is 5.76. The van der Waals surface area contributed by atoms with Gasteiger partial charge in [0.1, 0.15) is 5.82 Å². The van der Waals surface area contributed by atoms with E-state index in [0.29, 0.717) is 23.1 Å². The Balaban J connectivity index is 1.88. The molecule has 0 aliphatic carbocycles. The molecular formula is C18H16N4O. The van der Waals surface area contributed by atoms with Gasteiger partial charge in [-0.25, -0.2) is 4.98 Å². The number of hydrogen-bond acceptors (Lipinski definition) is 4. The highest BCUT2D eigenvalue weighted by Crippen LogP contribution is 2.28. The molecule has 0 fully saturated rings. The Morgan fingerprint density at radius 3 is 2.57 bits per heavy atom. The highest BCUT2D eigenvalue weighted by molar-refractivity contribution is 5.86. The van der Waals surface area contributed by atoms with Crippen LogP contribution in [0.4, 0.5) is 11.4 Å². The van der Waals surface area contributed by atoms with Crippen LogP contribution in [-0.4, -0.2) is 9.55 Å². The van der Waals surface area contributed by atoms with E-state index in [1.807, 2.05) is 24.3 Å². The molecule has 2 aromatic carbocycles. The van der Waals surface area contributed by atoms with Gasteiger partial charge in [0, 0.05) is 17.9 Å². The molecule has 5 nitrogen and oxygen atoms in total. The van der Waals surface area contributed by atoms with Crippen molar-refractivity contribution < 1.29 is 0 Å². The number of rotatable bonds is 1. The van der Waals surface area contributed by atoms with E-state index in [0.717, 1.165) is 29.1 Å². The van der Waals surface area contributed by atoms with Gasteiger partial charge in [0.15, 0.2) is 0 Å². The predicted molar refractivity (Wildman–Crippen MR) is 93.8 cm³/mol. The van der Waals surface area contributed by atoms with Crippen LogP contribution in [0.3, 0.4) is 0 Å². The Morgan fingerprint density at radius 1 is 1.04 bits per heavy atom. The number of hydrogen-bond donors (Lipinski definition) is 2. The first-order valence-corrected chi connectivity index (χ1v) is 7.48. The van der Waals surface area contributed by atoms with Gasteiger partial charge in [0.25, 0.3) is 5.56 Å². The average molecular weight is 304 g/mol. The fourth-order valence-electron chi connectivity index (χ4n) is 2.97. The van der Waals surface area contributed by atoms with Crippen molar-refractivity contribution in [2.24, 2.45) is 0 Å². The fourth-order valence-corrected chi connectivity index (χ4v) is 2.97. The summed E-state index contributed by atoms with van der Waals surface area (Å²) >= 11 is 0. The molecule has 0 bridgehead atoms. The smallest absolute Gasteiger partial charge is 0.261 e. The number of aromatic nitrogens is 2. The largest absolute Gasteiger partial charge is 0.399 e. The van der Waals surface area contributed by atoms with E-state index in [2.05, 4.69) is 11.1 Å². The minimum absolute atomic E-state index is 0.0296. The Kier molecular flexibility index (Phi) is 2.94. The van der Waals surface area contributed by atoms with Crippen LogP contribution in [0.2, 0.25) is 0 Å². The minimum atomic E-state index is -0.0296. The third-order valence-electron chi connectivity index (χ3n) is 4.15. The van der Waals surface area contributed by atoms with E-state index in [9.17, 15) is 4.79 Å². The number of nitrogen functional groups attached to an aromatic ring is 2. The van der Waals surface area contributed by atoms with E-state index in [4.69, 9.17) is 11.5 Å². The molecule has 0 saturated carbocycles. The lowest BCUT2D eigenvalue weighted by molar-refractivity contribution is 0.725. The van der Waals surface area contributed by atoms with Crippen LogP contribution < -0.4 is 17.0 Å². The molecule has 5 heteroatoms. The Bertz CT molecular complexity index is 1000. The maximum absolute atomic E-state index is 12.6. The molecule has 3 aromatic rings. The normalized spacial score (nSPS) is 15.2. The number of nitrogens with zero attached hydrogens (tertiary/aromatic N) is 2. The highest BCUT2D eigenvalue weighted by Gasteiger charge is 2.20. The summed E-state index contributed by atoms with van der Waals surface area (Å²) in [6, 6.07) is 12.9. The first-order chi connectivity index (χ1) is 11.1. The maximum atomic E-state index is 12.6. The molecule has 0 unspecified atom stereocenters. The molecular weight excluding hydrogens is 288 g/mol. The lowest BCUT2D eigenvalue weighted by Gasteiger charge is -2.06. The van der Waals surface area contributed by atoms with E-state index in [1.165, 1.54) is 0 Å². The average Bonchev–Trinajstić information content (AvgIpc) is 2.94. The van der Waals surface area contributed by atoms with Crippen LogP contribution >= 0.6 is 0 Å². The van der Waals surface area contributed by atoms with Crippen molar-refractivity contribution in [3.05, 3.63) is 64.2 Å². The van der Waals surface area contributed by atoms with E-state index in [1.54, 1.807) is 22.8 Å². The second-order valence-corrected chi connectivity index (χ2v) is 5.76. The number of anilines is 2. The van der Waals surface area contributed by atoms with Crippen molar-refractivity contribution in [1.29, 1.82) is 0 Å². The van der Waals surface area contributed by atoms with Gasteiger partial charge < -0.3 is 11.5 Å². The summed E-state index contributed by atoms with van der Waals surface area (Å²) in [5.74, 6) is 0.740. The van der Waals surface area contributed by atoms with Crippen LogP contribution in [-0.2, 0) is 6.54 Å². The van der Waals surface area contributed by atoms with Crippen LogP contribution in [0.1, 0.15) is 17.8 Å². The monoisotopic (exact) mass is 304 g/mol. The number of fused-ring (bicyclic) bond motifs is 2. The zero-order chi connectivity index (χ0) is 16.0. The molecule has 0 radical (unpaired) electrons. The molecule has 2 heterocycles. The van der Waals surface area contributed by atoms with Crippen molar-refractivity contribution in [2.75, 3.05) is 11.5 Å². The van der Waals surface area contributed by atoms with E-state index < -0.39 is 0 Å². The fraction of sp³-hybridized carbons (Fsp3) is 0.111. The lowest BCUT2D eigenvalue weighted by atomic mass is 10.1. The summed E-state index contributed by atoms with van der Waals surface area (Å²) in [4.78, 5) is 17.3. The summed E-state index contributed by atoms with van der Waals surface area (Å²) in [6.07, 6.45) is 2.85. The molecule has 4 N–H and O–H groups in total. The van der Waals surface area contributed by atoms with Gasteiger partial charge in [-0.2, -0.15) is 0 Å². The van der Waals surface area contributed by atoms with E-state index >= 15 is 0 Å². The number of benzene rings is 2. The summed E-state index contributed by atoms with van der Waals surface area (Å²) in [6.45, 7) is 0.646. The van der Waals surface area contributed by atoms with Crippen LogP contribution in [0.5, 0.6) is 0 Å². The molecule has 0 saturated heterocycles. The Morgan fingerprint density at radius 2 is 1.78 bits per heavy atom. The standard InChI is InChI=1S/C18H16N4O/c19-13-3-1-11(2-4-13)9-12-7-8-22-17(12)21-16-6-5-14(20)10-15(16)18(22)23/h1-6,9-10H,7-8,19-20H2/b12-9+. The molecule has 4 rings (SSSR count). The molecule has 1 aromatic heterocycles. The maximum Gasteiger partial charge on any atom is 0.261 e. The van der Waals surface area contributed by atoms with Crippen LogP contribution in [0.15, 0.2) is 47.3 Å². The van der Waals surface area contributed by atoms with Gasteiger partial charge >= 0.3 is 0 Å². The Hall–Kier alpha value is -3.08. The highest BCUT2D eigenvalue weighted by atomic mass is 16.1. The van der Waals surface area contributed by atoms with Gasteiger partial charge in [0.05, 0.1) is 10.9 Å². The van der Waals surface area contributed by atoms with Crippen molar-refractivity contribution >= 4 is 33.9 Å². The lowest BCUT2D eigenvalue weighted by Crippen LogP contribution is -2.20. The Labute approximate surface area is 132 Å². The van der Waals surface area contributed by atoms with Crippen molar-refractivity contribution in [2.45, 2.75) is 13.0 Å². The third kappa shape index (κ3) is 2.26. The first kappa shape index (κ1) is 13.6. The first-order valence-electron chi connectivity index (χ1n) is 7.48. The summed E-state index contributed by atoms with van der Waals surface area (Å²) in [7, 11) is 0. The van der Waals surface area contributed by atoms with Gasteiger partial charge in [-0.05, 0) is 54.0 Å². The van der Waals surface area contributed by atoms with Crippen LogP contribution in [0, 0.1) is 0 Å².